The fourth-order valence-electron chi connectivity index (χ4n) is 4.14. The maximum absolute atomic E-state index is 12.2. The number of anilines is 2. The van der Waals surface area contributed by atoms with Crippen LogP contribution >= 0.6 is 11.3 Å². The number of aromatic amines is 1. The number of ether oxygens (including phenoxy) is 2. The van der Waals surface area contributed by atoms with Crippen molar-refractivity contribution in [1.29, 1.82) is 0 Å². The van der Waals surface area contributed by atoms with Crippen LogP contribution in [0.15, 0.2) is 24.7 Å². The first-order chi connectivity index (χ1) is 15.2. The third-order valence-corrected chi connectivity index (χ3v) is 6.72. The van der Waals surface area contributed by atoms with Gasteiger partial charge < -0.3 is 14.8 Å². The lowest BCUT2D eigenvalue weighted by Crippen LogP contribution is -2.23. The number of fused-ring (bicyclic) bond motifs is 4. The molecule has 3 aromatic heterocycles. The number of hydrogen-bond donors (Lipinski definition) is 2. The van der Waals surface area contributed by atoms with Gasteiger partial charge >= 0.3 is 5.97 Å². The third kappa shape index (κ3) is 3.59. The summed E-state index contributed by atoms with van der Waals surface area (Å²) in [6.45, 7) is 4.77. The van der Waals surface area contributed by atoms with E-state index in [0.29, 0.717) is 19.6 Å². The number of nitrogens with zero attached hydrogens (tertiary/aromatic N) is 3. The first kappa shape index (κ1) is 19.7. The minimum atomic E-state index is -0.107. The highest BCUT2D eigenvalue weighted by atomic mass is 32.1. The summed E-state index contributed by atoms with van der Waals surface area (Å²) in [4.78, 5) is 23.4. The SMILES string of the molecule is CCOC(=O)[C@@H]1CCc2c(sc3ncnc(Nc4cc5cn[nH]c5cc4OCC)c23)C1. The lowest BCUT2D eigenvalue weighted by Gasteiger charge is -2.21. The van der Waals surface area contributed by atoms with Gasteiger partial charge in [0.1, 0.15) is 22.7 Å². The van der Waals surface area contributed by atoms with E-state index in [1.165, 1.54) is 10.4 Å². The van der Waals surface area contributed by atoms with E-state index in [0.717, 1.165) is 51.2 Å². The zero-order valence-electron chi connectivity index (χ0n) is 17.4. The van der Waals surface area contributed by atoms with Crippen molar-refractivity contribution in [1.82, 2.24) is 20.2 Å². The van der Waals surface area contributed by atoms with Crippen molar-refractivity contribution in [3.05, 3.63) is 35.1 Å². The molecule has 8 nitrogen and oxygen atoms in total. The molecule has 2 N–H and O–H groups in total. The van der Waals surface area contributed by atoms with Gasteiger partial charge in [0.25, 0.3) is 0 Å². The number of esters is 1. The fourth-order valence-corrected chi connectivity index (χ4v) is 5.41. The molecule has 1 aromatic carbocycles. The molecule has 0 amide bonds. The average Bonchev–Trinajstić information content (AvgIpc) is 3.37. The summed E-state index contributed by atoms with van der Waals surface area (Å²) >= 11 is 1.64. The molecule has 0 spiro atoms. The molecule has 1 aliphatic carbocycles. The van der Waals surface area contributed by atoms with Gasteiger partial charge in [-0.05, 0) is 44.7 Å². The molecule has 0 saturated heterocycles. The van der Waals surface area contributed by atoms with E-state index in [-0.39, 0.29) is 11.9 Å². The van der Waals surface area contributed by atoms with Crippen LogP contribution in [0.1, 0.15) is 30.7 Å². The topological polar surface area (TPSA) is 102 Å². The number of thiophene rings is 1. The standard InChI is InChI=1S/C22H23N5O3S/c1-3-29-17-9-15-13(10-25-27-15)7-16(17)26-20-19-14-6-5-12(22(28)30-4-2)8-18(14)31-21(19)24-11-23-20/h7,9-12H,3-6,8H2,1-2H3,(H,25,27)(H,23,24,26)/t12-/m1/s1. The molecule has 3 heterocycles. The first-order valence-corrected chi connectivity index (χ1v) is 11.3. The van der Waals surface area contributed by atoms with E-state index in [4.69, 9.17) is 9.47 Å². The Balaban J connectivity index is 1.53. The molecule has 0 aliphatic heterocycles. The molecule has 9 heteroatoms. The zero-order chi connectivity index (χ0) is 21.4. The predicted molar refractivity (Wildman–Crippen MR) is 120 cm³/mol. The van der Waals surface area contributed by atoms with E-state index in [9.17, 15) is 4.79 Å². The van der Waals surface area contributed by atoms with E-state index >= 15 is 0 Å². The number of carbonyl (C=O) groups excluding carboxylic acids is 1. The van der Waals surface area contributed by atoms with Crippen molar-refractivity contribution < 1.29 is 14.3 Å². The minimum Gasteiger partial charge on any atom is -0.492 e. The number of H-pyrrole nitrogens is 1. The Labute approximate surface area is 183 Å². The Morgan fingerprint density at radius 1 is 1.29 bits per heavy atom. The first-order valence-electron chi connectivity index (χ1n) is 10.5. The molecule has 1 atom stereocenters. The number of hydrogen-bond acceptors (Lipinski definition) is 8. The quantitative estimate of drug-likeness (QED) is 0.432. The van der Waals surface area contributed by atoms with Gasteiger partial charge in [-0.2, -0.15) is 5.10 Å². The van der Waals surface area contributed by atoms with Crippen LogP contribution in [0.4, 0.5) is 11.5 Å². The number of rotatable bonds is 6. The van der Waals surface area contributed by atoms with Crippen molar-refractivity contribution in [2.45, 2.75) is 33.1 Å². The van der Waals surface area contributed by atoms with E-state index in [2.05, 4.69) is 25.5 Å². The lowest BCUT2D eigenvalue weighted by atomic mass is 9.88. The molecule has 4 aromatic rings. The zero-order valence-corrected chi connectivity index (χ0v) is 18.2. The largest absolute Gasteiger partial charge is 0.492 e. The Hall–Kier alpha value is -3.20. The Kier molecular flexibility index (Phi) is 5.19. The normalized spacial score (nSPS) is 15.7. The van der Waals surface area contributed by atoms with E-state index in [1.807, 2.05) is 26.0 Å². The van der Waals surface area contributed by atoms with Crippen LogP contribution in [-0.4, -0.2) is 39.3 Å². The molecule has 0 fully saturated rings. The molecule has 31 heavy (non-hydrogen) atoms. The summed E-state index contributed by atoms with van der Waals surface area (Å²) in [6.07, 6.45) is 5.64. The van der Waals surface area contributed by atoms with Crippen LogP contribution in [0.5, 0.6) is 5.75 Å². The van der Waals surface area contributed by atoms with Crippen LogP contribution < -0.4 is 10.1 Å². The predicted octanol–water partition coefficient (Wildman–Crippen LogP) is 4.38. The van der Waals surface area contributed by atoms with Crippen LogP contribution in [0.3, 0.4) is 0 Å². The molecule has 0 bridgehead atoms. The van der Waals surface area contributed by atoms with Crippen molar-refractivity contribution >= 4 is 49.9 Å². The molecule has 0 radical (unpaired) electrons. The van der Waals surface area contributed by atoms with Gasteiger partial charge in [0.2, 0.25) is 0 Å². The van der Waals surface area contributed by atoms with Gasteiger partial charge in [0, 0.05) is 16.3 Å². The van der Waals surface area contributed by atoms with Gasteiger partial charge in [-0.1, -0.05) is 0 Å². The monoisotopic (exact) mass is 437 g/mol. The van der Waals surface area contributed by atoms with Gasteiger partial charge in [-0.15, -0.1) is 11.3 Å². The maximum atomic E-state index is 12.2. The molecule has 0 unspecified atom stereocenters. The highest BCUT2D eigenvalue weighted by Crippen LogP contribution is 2.41. The van der Waals surface area contributed by atoms with Crippen molar-refractivity contribution in [2.75, 3.05) is 18.5 Å². The highest BCUT2D eigenvalue weighted by molar-refractivity contribution is 7.19. The molecule has 0 saturated carbocycles. The smallest absolute Gasteiger partial charge is 0.309 e. The second-order valence-electron chi connectivity index (χ2n) is 7.46. The lowest BCUT2D eigenvalue weighted by molar-refractivity contribution is -0.148. The number of aromatic nitrogens is 4. The summed E-state index contributed by atoms with van der Waals surface area (Å²) in [7, 11) is 0. The third-order valence-electron chi connectivity index (χ3n) is 5.56. The molecular weight excluding hydrogens is 414 g/mol. The van der Waals surface area contributed by atoms with Gasteiger partial charge in [0.15, 0.2) is 0 Å². The average molecular weight is 438 g/mol. The Morgan fingerprint density at radius 3 is 3.03 bits per heavy atom. The number of nitrogens with one attached hydrogen (secondary N) is 2. The molecular formula is C22H23N5O3S. The van der Waals surface area contributed by atoms with Crippen molar-refractivity contribution in [3.8, 4) is 5.75 Å². The maximum Gasteiger partial charge on any atom is 0.309 e. The second-order valence-corrected chi connectivity index (χ2v) is 8.55. The fraction of sp³-hybridized carbons (Fsp3) is 0.364. The Morgan fingerprint density at radius 2 is 2.19 bits per heavy atom. The van der Waals surface area contributed by atoms with Crippen LogP contribution in [0, 0.1) is 5.92 Å². The van der Waals surface area contributed by atoms with Gasteiger partial charge in [0.05, 0.1) is 41.9 Å². The summed E-state index contributed by atoms with van der Waals surface area (Å²) in [5.74, 6) is 1.29. The summed E-state index contributed by atoms with van der Waals surface area (Å²) in [6, 6.07) is 3.95. The van der Waals surface area contributed by atoms with Gasteiger partial charge in [-0.3, -0.25) is 9.89 Å². The van der Waals surface area contributed by atoms with Crippen molar-refractivity contribution in [2.24, 2.45) is 5.92 Å². The highest BCUT2D eigenvalue weighted by Gasteiger charge is 2.30. The number of benzene rings is 1. The molecule has 5 rings (SSSR count). The van der Waals surface area contributed by atoms with Crippen LogP contribution in [-0.2, 0) is 22.4 Å². The Bertz CT molecular complexity index is 1260. The minimum absolute atomic E-state index is 0.0852. The van der Waals surface area contributed by atoms with Crippen LogP contribution in [0.25, 0.3) is 21.1 Å². The summed E-state index contributed by atoms with van der Waals surface area (Å²) in [5, 5.41) is 12.6. The second kappa shape index (κ2) is 8.14. The summed E-state index contributed by atoms with van der Waals surface area (Å²) in [5.41, 5.74) is 2.97. The van der Waals surface area contributed by atoms with Crippen LogP contribution in [0.2, 0.25) is 0 Å². The van der Waals surface area contributed by atoms with E-state index < -0.39 is 0 Å². The summed E-state index contributed by atoms with van der Waals surface area (Å²) < 4.78 is 11.1. The molecule has 160 valence electrons. The van der Waals surface area contributed by atoms with Gasteiger partial charge in [-0.25, -0.2) is 9.97 Å². The number of carbonyl (C=O) groups is 1. The van der Waals surface area contributed by atoms with E-state index in [1.54, 1.807) is 23.9 Å². The molecule has 1 aliphatic rings. The van der Waals surface area contributed by atoms with Crippen molar-refractivity contribution in [3.63, 3.8) is 0 Å². The number of aryl methyl sites for hydroxylation is 1.